The zero-order valence-corrected chi connectivity index (χ0v) is 17.7. The van der Waals surface area contributed by atoms with Crippen LogP contribution in [-0.2, 0) is 16.6 Å². The van der Waals surface area contributed by atoms with Crippen molar-refractivity contribution in [1.82, 2.24) is 20.1 Å². The van der Waals surface area contributed by atoms with Crippen molar-refractivity contribution >= 4 is 17.7 Å². The lowest BCUT2D eigenvalue weighted by molar-refractivity contribution is -0.123. The molecule has 5 nitrogen and oxygen atoms in total. The van der Waals surface area contributed by atoms with E-state index < -0.39 is 0 Å². The van der Waals surface area contributed by atoms with Crippen LogP contribution < -0.4 is 5.32 Å². The minimum Gasteiger partial charge on any atom is -0.355 e. The summed E-state index contributed by atoms with van der Waals surface area (Å²) in [6.45, 7) is 2.78. The first kappa shape index (κ1) is 19.5. The first-order chi connectivity index (χ1) is 13.6. The normalized spacial score (nSPS) is 18.4. The van der Waals surface area contributed by atoms with Crippen molar-refractivity contribution < 1.29 is 4.79 Å². The Labute approximate surface area is 171 Å². The largest absolute Gasteiger partial charge is 0.355 e. The molecule has 1 amide bonds. The molecule has 0 atom stereocenters. The standard InChI is InChI=1S/C22H30N4OS/c1-16-7-5-8-17(15-16)22(12-13-22)20(27)23-14-6-11-19-24-25-21(28-2)26(19)18-9-3-4-10-18/h5,7-8,15,18H,3-4,6,9-14H2,1-2H3,(H,23,27). The van der Waals surface area contributed by atoms with Crippen LogP contribution in [0.5, 0.6) is 0 Å². The van der Waals surface area contributed by atoms with Crippen molar-refractivity contribution in [2.24, 2.45) is 0 Å². The maximum atomic E-state index is 12.8. The Kier molecular flexibility index (Phi) is 5.76. The zero-order chi connectivity index (χ0) is 19.6. The van der Waals surface area contributed by atoms with E-state index in [-0.39, 0.29) is 11.3 Å². The van der Waals surface area contributed by atoms with Crippen LogP contribution in [-0.4, -0.2) is 33.5 Å². The van der Waals surface area contributed by atoms with E-state index in [0.29, 0.717) is 12.6 Å². The number of nitrogens with zero attached hydrogens (tertiary/aromatic N) is 3. The van der Waals surface area contributed by atoms with Gasteiger partial charge in [-0.1, -0.05) is 54.4 Å². The summed E-state index contributed by atoms with van der Waals surface area (Å²) in [7, 11) is 0. The highest BCUT2D eigenvalue weighted by atomic mass is 32.2. The third-order valence-electron chi connectivity index (χ3n) is 6.23. The van der Waals surface area contributed by atoms with Crippen LogP contribution in [0, 0.1) is 6.92 Å². The quantitative estimate of drug-likeness (QED) is 0.535. The van der Waals surface area contributed by atoms with Crippen LogP contribution in [0.4, 0.5) is 0 Å². The van der Waals surface area contributed by atoms with Crippen LogP contribution in [0.1, 0.15) is 67.9 Å². The summed E-state index contributed by atoms with van der Waals surface area (Å²) in [5.74, 6) is 1.26. The number of nitrogens with one attached hydrogen (secondary N) is 1. The molecule has 2 fully saturated rings. The van der Waals surface area contributed by atoms with Crippen LogP contribution in [0.3, 0.4) is 0 Å². The van der Waals surface area contributed by atoms with Crippen molar-refractivity contribution in [2.45, 2.75) is 74.9 Å². The highest BCUT2D eigenvalue weighted by Gasteiger charge is 2.51. The number of carbonyl (C=O) groups excluding carboxylic acids is 1. The van der Waals surface area contributed by atoms with Gasteiger partial charge in [-0.15, -0.1) is 10.2 Å². The molecular formula is C22H30N4OS. The molecule has 4 rings (SSSR count). The molecule has 1 N–H and O–H groups in total. The maximum absolute atomic E-state index is 12.8. The lowest BCUT2D eigenvalue weighted by Gasteiger charge is -2.17. The fourth-order valence-electron chi connectivity index (χ4n) is 4.48. The van der Waals surface area contributed by atoms with E-state index >= 15 is 0 Å². The molecular weight excluding hydrogens is 368 g/mol. The Morgan fingerprint density at radius 1 is 1.29 bits per heavy atom. The molecule has 1 aromatic carbocycles. The van der Waals surface area contributed by atoms with Gasteiger partial charge < -0.3 is 9.88 Å². The molecule has 0 radical (unpaired) electrons. The van der Waals surface area contributed by atoms with Crippen LogP contribution in [0.2, 0.25) is 0 Å². The fraction of sp³-hybridized carbons (Fsp3) is 0.591. The van der Waals surface area contributed by atoms with E-state index in [1.165, 1.54) is 31.2 Å². The van der Waals surface area contributed by atoms with Crippen LogP contribution >= 0.6 is 11.8 Å². The minimum atomic E-state index is -0.290. The number of carbonyl (C=O) groups is 1. The van der Waals surface area contributed by atoms with Gasteiger partial charge in [-0.05, 0) is 50.8 Å². The third kappa shape index (κ3) is 3.84. The van der Waals surface area contributed by atoms with Gasteiger partial charge in [-0.25, -0.2) is 0 Å². The van der Waals surface area contributed by atoms with Crippen molar-refractivity contribution in [3.05, 3.63) is 41.2 Å². The monoisotopic (exact) mass is 398 g/mol. The number of amides is 1. The lowest BCUT2D eigenvalue weighted by Crippen LogP contribution is -2.35. The summed E-state index contributed by atoms with van der Waals surface area (Å²) < 4.78 is 2.36. The smallest absolute Gasteiger partial charge is 0.230 e. The van der Waals surface area contributed by atoms with E-state index in [1.54, 1.807) is 11.8 Å². The highest BCUT2D eigenvalue weighted by molar-refractivity contribution is 7.98. The number of hydrogen-bond acceptors (Lipinski definition) is 4. The van der Waals surface area contributed by atoms with Crippen LogP contribution in [0.25, 0.3) is 0 Å². The number of aryl methyl sites for hydroxylation is 2. The first-order valence-corrected chi connectivity index (χ1v) is 11.7. The van der Waals surface area contributed by atoms with Gasteiger partial charge in [0.2, 0.25) is 5.91 Å². The molecule has 0 spiro atoms. The maximum Gasteiger partial charge on any atom is 0.230 e. The van der Waals surface area contributed by atoms with Gasteiger partial charge in [0, 0.05) is 19.0 Å². The SMILES string of the molecule is CSc1nnc(CCCNC(=O)C2(c3cccc(C)c3)CC2)n1C1CCCC1. The summed E-state index contributed by atoms with van der Waals surface area (Å²) in [5.41, 5.74) is 2.09. The number of rotatable bonds is 8. The Morgan fingerprint density at radius 3 is 2.75 bits per heavy atom. The molecule has 2 aromatic rings. The number of hydrogen-bond donors (Lipinski definition) is 1. The Hall–Kier alpha value is -1.82. The van der Waals surface area contributed by atoms with Crippen molar-refractivity contribution in [3.8, 4) is 0 Å². The predicted molar refractivity (Wildman–Crippen MR) is 113 cm³/mol. The molecule has 1 heterocycles. The molecule has 0 bridgehead atoms. The summed E-state index contributed by atoms with van der Waals surface area (Å²) in [4.78, 5) is 12.8. The van der Waals surface area contributed by atoms with Gasteiger partial charge in [-0.3, -0.25) is 4.79 Å². The van der Waals surface area contributed by atoms with Gasteiger partial charge in [0.1, 0.15) is 5.82 Å². The van der Waals surface area contributed by atoms with Crippen molar-refractivity contribution in [1.29, 1.82) is 0 Å². The average Bonchev–Trinajstić information content (AvgIpc) is 3.15. The molecule has 6 heteroatoms. The predicted octanol–water partition coefficient (Wildman–Crippen LogP) is 4.20. The second kappa shape index (κ2) is 8.27. The van der Waals surface area contributed by atoms with Crippen molar-refractivity contribution in [2.75, 3.05) is 12.8 Å². The van der Waals surface area contributed by atoms with Gasteiger partial charge in [0.05, 0.1) is 5.41 Å². The van der Waals surface area contributed by atoms with Gasteiger partial charge in [0.25, 0.3) is 0 Å². The summed E-state index contributed by atoms with van der Waals surface area (Å²) in [6, 6.07) is 8.93. The third-order valence-corrected chi connectivity index (χ3v) is 6.87. The average molecular weight is 399 g/mol. The second-order valence-electron chi connectivity index (χ2n) is 8.22. The van der Waals surface area contributed by atoms with E-state index in [1.807, 2.05) is 0 Å². The lowest BCUT2D eigenvalue weighted by atomic mass is 9.93. The van der Waals surface area contributed by atoms with Crippen molar-refractivity contribution in [3.63, 3.8) is 0 Å². The number of thioether (sulfide) groups is 1. The number of aromatic nitrogens is 3. The van der Waals surface area contributed by atoms with Crippen LogP contribution in [0.15, 0.2) is 29.4 Å². The molecule has 28 heavy (non-hydrogen) atoms. The van der Waals surface area contributed by atoms with Gasteiger partial charge in [0.15, 0.2) is 5.16 Å². The number of benzene rings is 1. The van der Waals surface area contributed by atoms with E-state index in [9.17, 15) is 4.79 Å². The fourth-order valence-corrected chi connectivity index (χ4v) is 5.05. The molecule has 2 saturated carbocycles. The van der Waals surface area contributed by atoms with E-state index in [4.69, 9.17) is 0 Å². The Morgan fingerprint density at radius 2 is 2.07 bits per heavy atom. The second-order valence-corrected chi connectivity index (χ2v) is 9.00. The van der Waals surface area contributed by atoms with Gasteiger partial charge >= 0.3 is 0 Å². The topological polar surface area (TPSA) is 59.8 Å². The highest BCUT2D eigenvalue weighted by Crippen LogP contribution is 2.48. The van der Waals surface area contributed by atoms with Gasteiger partial charge in [-0.2, -0.15) is 0 Å². The Bertz CT molecular complexity index is 837. The molecule has 0 aliphatic heterocycles. The molecule has 2 aliphatic carbocycles. The minimum absolute atomic E-state index is 0.181. The Balaban J connectivity index is 1.33. The molecule has 2 aliphatic rings. The molecule has 0 saturated heterocycles. The molecule has 1 aromatic heterocycles. The molecule has 0 unspecified atom stereocenters. The summed E-state index contributed by atoms with van der Waals surface area (Å²) in [5, 5.41) is 13.0. The van der Waals surface area contributed by atoms with E-state index in [0.717, 1.165) is 42.2 Å². The zero-order valence-electron chi connectivity index (χ0n) is 16.9. The first-order valence-electron chi connectivity index (χ1n) is 10.5. The van der Waals surface area contributed by atoms with E-state index in [2.05, 4.69) is 57.5 Å². The molecule has 150 valence electrons. The summed E-state index contributed by atoms with van der Waals surface area (Å²) in [6.07, 6.45) is 10.8. The summed E-state index contributed by atoms with van der Waals surface area (Å²) >= 11 is 1.68.